The average Bonchev–Trinajstić information content (AvgIpc) is 2.41. The normalized spacial score (nSPS) is 16.9. The number of halogens is 1. The van der Waals surface area contributed by atoms with Crippen LogP contribution >= 0.6 is 11.6 Å². The number of nitrogens with two attached hydrogens (primary N) is 1. The molecule has 2 rings (SSSR count). The maximum atomic E-state index is 12.3. The number of pyridine rings is 1. The van der Waals surface area contributed by atoms with E-state index in [0.717, 1.165) is 32.7 Å². The zero-order chi connectivity index (χ0) is 13.1. The molecule has 0 atom stereocenters. The summed E-state index contributed by atoms with van der Waals surface area (Å²) in [5, 5.41) is 0.215. The lowest BCUT2D eigenvalue weighted by Crippen LogP contribution is -2.48. The fraction of sp³-hybridized carbons (Fsp3) is 0.500. The number of piperazine rings is 1. The smallest absolute Gasteiger partial charge is 0.257 e. The Kier molecular flexibility index (Phi) is 4.04. The van der Waals surface area contributed by atoms with Gasteiger partial charge in [0.1, 0.15) is 5.15 Å². The molecule has 1 saturated heterocycles. The lowest BCUT2D eigenvalue weighted by molar-refractivity contribution is 0.0643. The number of nitrogen functional groups attached to an aromatic ring is 1. The minimum atomic E-state index is -0.0875. The van der Waals surface area contributed by atoms with Gasteiger partial charge >= 0.3 is 0 Å². The van der Waals surface area contributed by atoms with Gasteiger partial charge in [-0.15, -0.1) is 0 Å². The highest BCUT2D eigenvalue weighted by Gasteiger charge is 2.23. The molecule has 6 heteroatoms. The maximum Gasteiger partial charge on any atom is 0.257 e. The number of hydrogen-bond acceptors (Lipinski definition) is 4. The van der Waals surface area contributed by atoms with E-state index in [0.29, 0.717) is 11.3 Å². The number of nitrogens with zero attached hydrogens (tertiary/aromatic N) is 3. The Morgan fingerprint density at radius 2 is 2.11 bits per heavy atom. The van der Waals surface area contributed by atoms with Gasteiger partial charge in [-0.05, 0) is 12.6 Å². The summed E-state index contributed by atoms with van der Waals surface area (Å²) in [7, 11) is 0. The van der Waals surface area contributed by atoms with Crippen LogP contribution in [0.3, 0.4) is 0 Å². The van der Waals surface area contributed by atoms with Crippen molar-refractivity contribution in [3.63, 3.8) is 0 Å². The minimum Gasteiger partial charge on any atom is -0.397 e. The Bertz CT molecular complexity index is 444. The number of anilines is 1. The summed E-state index contributed by atoms with van der Waals surface area (Å²) in [5.41, 5.74) is 6.48. The molecule has 0 saturated carbocycles. The maximum absolute atomic E-state index is 12.3. The van der Waals surface area contributed by atoms with E-state index in [-0.39, 0.29) is 11.1 Å². The fourth-order valence-electron chi connectivity index (χ4n) is 2.05. The van der Waals surface area contributed by atoms with E-state index in [1.54, 1.807) is 11.0 Å². The molecule has 1 fully saturated rings. The monoisotopic (exact) mass is 268 g/mol. The van der Waals surface area contributed by atoms with Crippen LogP contribution in [0.25, 0.3) is 0 Å². The first-order valence-electron chi connectivity index (χ1n) is 6.04. The lowest BCUT2D eigenvalue weighted by Gasteiger charge is -2.34. The number of carbonyl (C=O) groups excluding carboxylic acids is 1. The van der Waals surface area contributed by atoms with Crippen molar-refractivity contribution < 1.29 is 4.79 Å². The summed E-state index contributed by atoms with van der Waals surface area (Å²) in [4.78, 5) is 20.3. The van der Waals surface area contributed by atoms with Crippen LogP contribution in [0.4, 0.5) is 5.69 Å². The molecule has 1 aliphatic heterocycles. The highest BCUT2D eigenvalue weighted by molar-refractivity contribution is 6.32. The summed E-state index contributed by atoms with van der Waals surface area (Å²) >= 11 is 5.94. The van der Waals surface area contributed by atoms with E-state index in [9.17, 15) is 4.79 Å². The average molecular weight is 269 g/mol. The van der Waals surface area contributed by atoms with Crippen LogP contribution < -0.4 is 5.73 Å². The highest BCUT2D eigenvalue weighted by atomic mass is 35.5. The Morgan fingerprint density at radius 1 is 1.44 bits per heavy atom. The molecule has 98 valence electrons. The van der Waals surface area contributed by atoms with Gasteiger partial charge in [0.2, 0.25) is 0 Å². The Morgan fingerprint density at radius 3 is 2.72 bits per heavy atom. The predicted octanol–water partition coefficient (Wildman–Crippen LogP) is 1.09. The second kappa shape index (κ2) is 5.54. The molecule has 0 unspecified atom stereocenters. The lowest BCUT2D eigenvalue weighted by atomic mass is 10.2. The predicted molar refractivity (Wildman–Crippen MR) is 71.7 cm³/mol. The molecule has 1 aromatic heterocycles. The van der Waals surface area contributed by atoms with Crippen molar-refractivity contribution in [2.24, 2.45) is 0 Å². The second-order valence-corrected chi connectivity index (χ2v) is 4.69. The zero-order valence-corrected chi connectivity index (χ0v) is 11.2. The van der Waals surface area contributed by atoms with Crippen LogP contribution in [0, 0.1) is 0 Å². The van der Waals surface area contributed by atoms with Crippen LogP contribution in [0.5, 0.6) is 0 Å². The first-order valence-corrected chi connectivity index (χ1v) is 6.42. The number of aromatic nitrogens is 1. The topological polar surface area (TPSA) is 62.5 Å². The van der Waals surface area contributed by atoms with Gasteiger partial charge in [-0.25, -0.2) is 4.98 Å². The standard InChI is InChI=1S/C12H17ClN4O/c1-2-16-3-5-17(6-4-16)12(18)10-7-9(14)8-15-11(10)13/h7-8H,2-6,14H2,1H3. The molecular weight excluding hydrogens is 252 g/mol. The third kappa shape index (κ3) is 2.73. The summed E-state index contributed by atoms with van der Waals surface area (Å²) in [6, 6.07) is 1.59. The third-order valence-electron chi connectivity index (χ3n) is 3.20. The first kappa shape index (κ1) is 13.1. The van der Waals surface area contributed by atoms with Crippen molar-refractivity contribution in [3.8, 4) is 0 Å². The molecule has 2 heterocycles. The summed E-state index contributed by atoms with van der Waals surface area (Å²) in [5.74, 6) is -0.0875. The van der Waals surface area contributed by atoms with Crippen LogP contribution in [0.15, 0.2) is 12.3 Å². The van der Waals surface area contributed by atoms with Crippen LogP contribution in [0.2, 0.25) is 5.15 Å². The van der Waals surface area contributed by atoms with Gasteiger partial charge in [-0.3, -0.25) is 4.79 Å². The molecule has 0 spiro atoms. The molecule has 2 N–H and O–H groups in total. The van der Waals surface area contributed by atoms with Crippen molar-refractivity contribution in [1.82, 2.24) is 14.8 Å². The fourth-order valence-corrected chi connectivity index (χ4v) is 2.24. The quantitative estimate of drug-likeness (QED) is 0.816. The molecule has 0 aromatic carbocycles. The molecule has 0 aliphatic carbocycles. The third-order valence-corrected chi connectivity index (χ3v) is 3.50. The highest BCUT2D eigenvalue weighted by Crippen LogP contribution is 2.18. The summed E-state index contributed by atoms with van der Waals surface area (Å²) in [6.07, 6.45) is 1.45. The molecule has 0 radical (unpaired) electrons. The first-order chi connectivity index (χ1) is 8.61. The van der Waals surface area contributed by atoms with Crippen molar-refractivity contribution in [3.05, 3.63) is 23.0 Å². The zero-order valence-electron chi connectivity index (χ0n) is 10.4. The molecule has 5 nitrogen and oxygen atoms in total. The van der Waals surface area contributed by atoms with Crippen molar-refractivity contribution >= 4 is 23.2 Å². The van der Waals surface area contributed by atoms with Crippen LogP contribution in [-0.4, -0.2) is 53.4 Å². The molecule has 1 aliphatic rings. The Labute approximate surface area is 112 Å². The second-order valence-electron chi connectivity index (χ2n) is 4.33. The van der Waals surface area contributed by atoms with E-state index < -0.39 is 0 Å². The van der Waals surface area contributed by atoms with Gasteiger partial charge in [-0.1, -0.05) is 18.5 Å². The molecule has 0 bridgehead atoms. The van der Waals surface area contributed by atoms with Gasteiger partial charge in [0, 0.05) is 26.2 Å². The van der Waals surface area contributed by atoms with E-state index in [1.807, 2.05) is 0 Å². The van der Waals surface area contributed by atoms with Gasteiger partial charge in [0.05, 0.1) is 17.4 Å². The number of likely N-dealkylation sites (N-methyl/N-ethyl adjacent to an activating group) is 1. The molecule has 1 aromatic rings. The number of rotatable bonds is 2. The van der Waals surface area contributed by atoms with Crippen molar-refractivity contribution in [2.45, 2.75) is 6.92 Å². The van der Waals surface area contributed by atoms with Crippen molar-refractivity contribution in [1.29, 1.82) is 0 Å². The summed E-state index contributed by atoms with van der Waals surface area (Å²) in [6.45, 7) is 6.37. The Balaban J connectivity index is 2.10. The van der Waals surface area contributed by atoms with Gasteiger partial charge in [0.25, 0.3) is 5.91 Å². The van der Waals surface area contributed by atoms with E-state index >= 15 is 0 Å². The van der Waals surface area contributed by atoms with E-state index in [1.165, 1.54) is 6.20 Å². The van der Waals surface area contributed by atoms with Crippen LogP contribution in [0.1, 0.15) is 17.3 Å². The van der Waals surface area contributed by atoms with E-state index in [2.05, 4.69) is 16.8 Å². The number of amides is 1. The molecular formula is C12H17ClN4O. The number of carbonyl (C=O) groups is 1. The SMILES string of the molecule is CCN1CCN(C(=O)c2cc(N)cnc2Cl)CC1. The Hall–Kier alpha value is -1.33. The van der Waals surface area contributed by atoms with E-state index in [4.69, 9.17) is 17.3 Å². The molecule has 18 heavy (non-hydrogen) atoms. The van der Waals surface area contributed by atoms with Crippen molar-refractivity contribution in [2.75, 3.05) is 38.5 Å². The largest absolute Gasteiger partial charge is 0.397 e. The molecule has 1 amide bonds. The van der Waals surface area contributed by atoms with Gasteiger partial charge < -0.3 is 15.5 Å². The van der Waals surface area contributed by atoms with Crippen LogP contribution in [-0.2, 0) is 0 Å². The van der Waals surface area contributed by atoms with Gasteiger partial charge in [0.15, 0.2) is 0 Å². The number of hydrogen-bond donors (Lipinski definition) is 1. The summed E-state index contributed by atoms with van der Waals surface area (Å²) < 4.78 is 0. The van der Waals surface area contributed by atoms with Gasteiger partial charge in [-0.2, -0.15) is 0 Å². The minimum absolute atomic E-state index is 0.0875.